The molecule has 0 saturated carbocycles. The fraction of sp³-hybridized carbons (Fsp3) is 0.417. The number of carboxylic acid groups (broad SMARTS) is 1. The van der Waals surface area contributed by atoms with Gasteiger partial charge < -0.3 is 5.11 Å². The average Bonchev–Trinajstić information content (AvgIpc) is 2.15. The second kappa shape index (κ2) is 3.26. The van der Waals surface area contributed by atoms with Crippen molar-refractivity contribution in [1.29, 1.82) is 0 Å². The smallest absolute Gasteiger partial charge is 0.412 e. The molecule has 0 aliphatic carbocycles. The van der Waals surface area contributed by atoms with Crippen molar-refractivity contribution < 1.29 is 9.90 Å². The maximum Gasteiger partial charge on any atom is 0.412 e. The first-order valence-corrected chi connectivity index (χ1v) is 5.13. The fourth-order valence-electron chi connectivity index (χ4n) is 2.18. The number of carbonyl (C=O) groups is 1. The molecule has 3 nitrogen and oxygen atoms in total. The molecule has 3 heteroatoms. The largest absolute Gasteiger partial charge is 0.465 e. The molecule has 1 aliphatic heterocycles. The molecule has 15 heavy (non-hydrogen) atoms. The van der Waals surface area contributed by atoms with Crippen LogP contribution < -0.4 is 4.90 Å². The summed E-state index contributed by atoms with van der Waals surface area (Å²) in [5.74, 6) is 0. The van der Waals surface area contributed by atoms with Gasteiger partial charge in [0.15, 0.2) is 0 Å². The number of nitrogens with zero attached hydrogens (tertiary/aromatic N) is 1. The van der Waals surface area contributed by atoms with Crippen LogP contribution in [0.3, 0.4) is 0 Å². The summed E-state index contributed by atoms with van der Waals surface area (Å²) < 4.78 is 0. The monoisotopic (exact) mass is 205 g/mol. The zero-order valence-corrected chi connectivity index (χ0v) is 9.03. The summed E-state index contributed by atoms with van der Waals surface area (Å²) in [6.45, 7) is 3.94. The number of hydrogen-bond acceptors (Lipinski definition) is 1. The molecule has 0 spiro atoms. The van der Waals surface area contributed by atoms with Crippen molar-refractivity contribution in [3.63, 3.8) is 0 Å². The minimum Gasteiger partial charge on any atom is -0.465 e. The van der Waals surface area contributed by atoms with Gasteiger partial charge in [0, 0.05) is 5.54 Å². The predicted octanol–water partition coefficient (Wildman–Crippen LogP) is 2.90. The highest BCUT2D eigenvalue weighted by molar-refractivity contribution is 5.89. The van der Waals surface area contributed by atoms with Gasteiger partial charge in [-0.2, -0.15) is 0 Å². The zero-order chi connectivity index (χ0) is 11.1. The Morgan fingerprint density at radius 3 is 2.73 bits per heavy atom. The molecule has 0 radical (unpaired) electrons. The van der Waals surface area contributed by atoms with E-state index in [0.717, 1.165) is 24.1 Å². The Labute approximate surface area is 89.3 Å². The summed E-state index contributed by atoms with van der Waals surface area (Å²) in [6, 6.07) is 7.72. The Balaban J connectivity index is 2.53. The minimum absolute atomic E-state index is 0.305. The SMILES string of the molecule is CC1(C)CCc2ccccc2N1C(=O)O. The summed E-state index contributed by atoms with van der Waals surface area (Å²) in [7, 11) is 0. The van der Waals surface area contributed by atoms with E-state index in [2.05, 4.69) is 0 Å². The molecule has 80 valence electrons. The Hall–Kier alpha value is -1.51. The molecule has 0 bridgehead atoms. The maximum absolute atomic E-state index is 11.3. The molecular formula is C12H15NO2. The quantitative estimate of drug-likeness (QED) is 0.707. The minimum atomic E-state index is -0.868. The molecule has 1 aromatic carbocycles. The number of fused-ring (bicyclic) bond motifs is 1. The number of benzene rings is 1. The van der Waals surface area contributed by atoms with Gasteiger partial charge in [0.1, 0.15) is 0 Å². The first-order valence-electron chi connectivity index (χ1n) is 5.13. The summed E-state index contributed by atoms with van der Waals surface area (Å²) in [6.07, 6.45) is 0.954. The summed E-state index contributed by atoms with van der Waals surface area (Å²) in [5.41, 5.74) is 1.65. The predicted molar refractivity (Wildman–Crippen MR) is 59.3 cm³/mol. The maximum atomic E-state index is 11.3. The van der Waals surface area contributed by atoms with E-state index in [1.807, 2.05) is 38.1 Å². The van der Waals surface area contributed by atoms with Crippen molar-refractivity contribution in [1.82, 2.24) is 0 Å². The van der Waals surface area contributed by atoms with E-state index in [9.17, 15) is 9.90 Å². The Bertz CT molecular complexity index is 398. The number of amides is 1. The lowest BCUT2D eigenvalue weighted by Gasteiger charge is -2.41. The number of aryl methyl sites for hydroxylation is 1. The first-order chi connectivity index (χ1) is 7.02. The second-order valence-electron chi connectivity index (χ2n) is 4.56. The Morgan fingerprint density at radius 2 is 2.07 bits per heavy atom. The molecule has 0 atom stereocenters. The van der Waals surface area contributed by atoms with Crippen molar-refractivity contribution >= 4 is 11.8 Å². The second-order valence-corrected chi connectivity index (χ2v) is 4.56. The van der Waals surface area contributed by atoms with Gasteiger partial charge in [-0.3, -0.25) is 4.90 Å². The van der Waals surface area contributed by atoms with E-state index in [-0.39, 0.29) is 5.54 Å². The van der Waals surface area contributed by atoms with Crippen molar-refractivity contribution in [2.24, 2.45) is 0 Å². The highest BCUT2D eigenvalue weighted by Crippen LogP contribution is 2.36. The average molecular weight is 205 g/mol. The highest BCUT2D eigenvalue weighted by Gasteiger charge is 2.36. The van der Waals surface area contributed by atoms with E-state index in [0.29, 0.717) is 0 Å². The van der Waals surface area contributed by atoms with Gasteiger partial charge in [0.2, 0.25) is 0 Å². The molecule has 1 heterocycles. The van der Waals surface area contributed by atoms with E-state index in [4.69, 9.17) is 0 Å². The van der Waals surface area contributed by atoms with Crippen LogP contribution in [0, 0.1) is 0 Å². The van der Waals surface area contributed by atoms with Crippen LogP contribution in [0.4, 0.5) is 10.5 Å². The molecule has 1 aromatic rings. The van der Waals surface area contributed by atoms with Crippen LogP contribution in [0.15, 0.2) is 24.3 Å². The fourth-order valence-corrected chi connectivity index (χ4v) is 2.18. The summed E-state index contributed by atoms with van der Waals surface area (Å²) in [4.78, 5) is 12.7. The zero-order valence-electron chi connectivity index (χ0n) is 9.03. The van der Waals surface area contributed by atoms with Crippen LogP contribution >= 0.6 is 0 Å². The lowest BCUT2D eigenvalue weighted by Crippen LogP contribution is -2.50. The molecule has 0 fully saturated rings. The Morgan fingerprint density at radius 1 is 1.40 bits per heavy atom. The van der Waals surface area contributed by atoms with Crippen LogP contribution in [0.5, 0.6) is 0 Å². The standard InChI is InChI=1S/C12H15NO2/c1-12(2)8-7-9-5-3-4-6-10(9)13(12)11(14)15/h3-6H,7-8H2,1-2H3,(H,14,15). The van der Waals surface area contributed by atoms with E-state index < -0.39 is 6.09 Å². The van der Waals surface area contributed by atoms with Gasteiger partial charge in [-0.05, 0) is 38.3 Å². The van der Waals surface area contributed by atoms with Gasteiger partial charge in [0.25, 0.3) is 0 Å². The van der Waals surface area contributed by atoms with E-state index >= 15 is 0 Å². The molecule has 0 unspecified atom stereocenters. The lowest BCUT2D eigenvalue weighted by atomic mass is 9.87. The van der Waals surface area contributed by atoms with Crippen LogP contribution in [-0.4, -0.2) is 16.7 Å². The van der Waals surface area contributed by atoms with Crippen molar-refractivity contribution in [2.75, 3.05) is 4.90 Å². The number of anilines is 1. The first kappa shape index (κ1) is 10.0. The van der Waals surface area contributed by atoms with Crippen molar-refractivity contribution in [2.45, 2.75) is 32.2 Å². The van der Waals surface area contributed by atoms with Crippen LogP contribution in [-0.2, 0) is 6.42 Å². The normalized spacial score (nSPS) is 18.4. The number of para-hydroxylation sites is 1. The highest BCUT2D eigenvalue weighted by atomic mass is 16.4. The molecular weight excluding hydrogens is 190 g/mol. The lowest BCUT2D eigenvalue weighted by molar-refractivity contribution is 0.192. The van der Waals surface area contributed by atoms with Gasteiger partial charge in [0.05, 0.1) is 5.69 Å². The molecule has 1 amide bonds. The van der Waals surface area contributed by atoms with Gasteiger partial charge in [-0.15, -0.1) is 0 Å². The number of hydrogen-bond donors (Lipinski definition) is 1. The van der Waals surface area contributed by atoms with Crippen LogP contribution in [0.2, 0.25) is 0 Å². The third-order valence-corrected chi connectivity index (χ3v) is 3.04. The van der Waals surface area contributed by atoms with E-state index in [1.165, 1.54) is 4.90 Å². The third-order valence-electron chi connectivity index (χ3n) is 3.04. The van der Waals surface area contributed by atoms with Crippen molar-refractivity contribution in [3.8, 4) is 0 Å². The van der Waals surface area contributed by atoms with E-state index in [1.54, 1.807) is 0 Å². The molecule has 1 N–H and O–H groups in total. The van der Waals surface area contributed by atoms with Crippen molar-refractivity contribution in [3.05, 3.63) is 29.8 Å². The summed E-state index contributed by atoms with van der Waals surface area (Å²) >= 11 is 0. The van der Waals surface area contributed by atoms with Gasteiger partial charge in [-0.1, -0.05) is 18.2 Å². The van der Waals surface area contributed by atoms with Crippen LogP contribution in [0.25, 0.3) is 0 Å². The van der Waals surface area contributed by atoms with Gasteiger partial charge in [-0.25, -0.2) is 4.79 Å². The molecule has 2 rings (SSSR count). The van der Waals surface area contributed by atoms with Crippen LogP contribution in [0.1, 0.15) is 25.8 Å². The molecule has 0 aromatic heterocycles. The molecule has 0 saturated heterocycles. The number of rotatable bonds is 0. The molecule has 1 aliphatic rings. The third kappa shape index (κ3) is 1.58. The summed E-state index contributed by atoms with van der Waals surface area (Å²) in [5, 5.41) is 9.25. The van der Waals surface area contributed by atoms with Gasteiger partial charge >= 0.3 is 6.09 Å². The Kier molecular flexibility index (Phi) is 2.18. The topological polar surface area (TPSA) is 40.5 Å².